The zero-order valence-electron chi connectivity index (χ0n) is 19.8. The molecule has 1 N–H and O–H groups in total. The quantitative estimate of drug-likeness (QED) is 0.617. The zero-order chi connectivity index (χ0) is 23.9. The largest absolute Gasteiger partial charge is 0.390 e. The van der Waals surface area contributed by atoms with Crippen LogP contribution in [0.2, 0.25) is 0 Å². The fourth-order valence-corrected chi connectivity index (χ4v) is 8.47. The molecule has 3 fully saturated rings. The first-order chi connectivity index (χ1) is 14.7. The van der Waals surface area contributed by atoms with Gasteiger partial charge >= 0.3 is 0 Å². The van der Waals surface area contributed by atoms with Crippen LogP contribution in [-0.2, 0) is 9.59 Å². The smallest absolute Gasteiger partial charge is 0.288 e. The van der Waals surface area contributed by atoms with Crippen molar-refractivity contribution >= 4 is 27.9 Å². The summed E-state index contributed by atoms with van der Waals surface area (Å²) in [5.41, 5.74) is -3.67. The van der Waals surface area contributed by atoms with Crippen molar-refractivity contribution < 1.29 is 23.9 Å². The van der Waals surface area contributed by atoms with Crippen molar-refractivity contribution in [1.82, 2.24) is 4.90 Å². The van der Waals surface area contributed by atoms with E-state index in [0.29, 0.717) is 19.3 Å². The predicted octanol–water partition coefficient (Wildman–Crippen LogP) is 4.55. The molecule has 7 heteroatoms. The summed E-state index contributed by atoms with van der Waals surface area (Å²) in [4.78, 5) is 39.2. The molecule has 0 aromatic carbocycles. The summed E-state index contributed by atoms with van der Waals surface area (Å²) in [6.45, 7) is 7.73. The fraction of sp³-hybridized carbons (Fsp3) is 0.720. The number of amides is 1. The molecule has 0 spiro atoms. The van der Waals surface area contributed by atoms with Crippen LogP contribution in [0.25, 0.3) is 0 Å². The number of carbonyl (C=O) groups excluding carboxylic acids is 3. The molecule has 176 valence electrons. The molecule has 5 nitrogen and oxygen atoms in total. The average molecular weight is 464 g/mol. The third-order valence-electron chi connectivity index (χ3n) is 9.78. The normalized spacial score (nSPS) is 47.2. The molecule has 0 aromatic rings. The Labute approximate surface area is 193 Å². The molecule has 0 aromatic heterocycles. The van der Waals surface area contributed by atoms with Crippen molar-refractivity contribution in [1.29, 1.82) is 0 Å². The Morgan fingerprint density at radius 3 is 2.50 bits per heavy atom. The van der Waals surface area contributed by atoms with Crippen LogP contribution in [0.5, 0.6) is 0 Å². The maximum atomic E-state index is 17.2. The first-order valence-electron chi connectivity index (χ1n) is 11.5. The summed E-state index contributed by atoms with van der Waals surface area (Å²) >= 11 is 0.724. The molecule has 4 rings (SSSR count). The summed E-state index contributed by atoms with van der Waals surface area (Å²) in [6.07, 6.45) is 5.31. The van der Waals surface area contributed by atoms with Crippen LogP contribution >= 0.6 is 11.8 Å². The van der Waals surface area contributed by atoms with E-state index in [1.807, 2.05) is 20.8 Å². The number of aliphatic hydroxyl groups is 1. The lowest BCUT2D eigenvalue weighted by atomic mass is 9.44. The van der Waals surface area contributed by atoms with Gasteiger partial charge in [0.25, 0.3) is 5.24 Å². The summed E-state index contributed by atoms with van der Waals surface area (Å²) < 4.78 is 17.2. The Kier molecular flexibility index (Phi) is 5.37. The van der Waals surface area contributed by atoms with Crippen molar-refractivity contribution in [3.05, 3.63) is 23.8 Å². The maximum Gasteiger partial charge on any atom is 0.288 e. The van der Waals surface area contributed by atoms with Gasteiger partial charge in [0.2, 0.25) is 5.12 Å². The molecule has 3 saturated carbocycles. The molecule has 8 atom stereocenters. The molecule has 32 heavy (non-hydrogen) atoms. The van der Waals surface area contributed by atoms with E-state index in [2.05, 4.69) is 0 Å². The minimum Gasteiger partial charge on any atom is -0.390 e. The minimum absolute atomic E-state index is 0.0461. The summed E-state index contributed by atoms with van der Waals surface area (Å²) in [6, 6.07) is 0. The number of ketones is 1. The number of alkyl halides is 1. The van der Waals surface area contributed by atoms with Crippen molar-refractivity contribution in [2.24, 2.45) is 34.0 Å². The van der Waals surface area contributed by atoms with E-state index < -0.39 is 33.9 Å². The molecule has 4 aliphatic rings. The lowest BCUT2D eigenvalue weighted by Gasteiger charge is -2.63. The van der Waals surface area contributed by atoms with E-state index in [-0.39, 0.29) is 34.4 Å². The average Bonchev–Trinajstić information content (AvgIpc) is 2.91. The second-order valence-corrected chi connectivity index (χ2v) is 12.1. The molecule has 4 aliphatic carbocycles. The van der Waals surface area contributed by atoms with Gasteiger partial charge < -0.3 is 10.0 Å². The molecule has 0 bridgehead atoms. The van der Waals surface area contributed by atoms with Gasteiger partial charge in [0.1, 0.15) is 0 Å². The van der Waals surface area contributed by atoms with Gasteiger partial charge in [0.05, 0.1) is 6.10 Å². The predicted molar refractivity (Wildman–Crippen MR) is 123 cm³/mol. The van der Waals surface area contributed by atoms with E-state index in [9.17, 15) is 19.5 Å². The fourth-order valence-electron chi connectivity index (χ4n) is 7.48. The number of rotatable bonds is 1. The monoisotopic (exact) mass is 463 g/mol. The van der Waals surface area contributed by atoms with Crippen LogP contribution in [0.15, 0.2) is 23.8 Å². The van der Waals surface area contributed by atoms with E-state index in [4.69, 9.17) is 0 Å². The maximum absolute atomic E-state index is 17.2. The van der Waals surface area contributed by atoms with Gasteiger partial charge in [-0.2, -0.15) is 0 Å². The van der Waals surface area contributed by atoms with Crippen LogP contribution < -0.4 is 0 Å². The summed E-state index contributed by atoms with van der Waals surface area (Å²) in [5.74, 6) is -0.706. The standard InChI is InChI=1S/C25H34FNO4S/c1-14-11-18-17-8-7-15-12-16(28)9-10-22(15,2)25(17,26)19(29)13-23(18,3)24(14,4)20(30)32-21(31)27(5)6/h9-10,12,14,17-19,29H,7-8,11,13H2,1-6H3/t14-,17?,18?,19+,22+,23+,24-,25+/m1/s1. The molecule has 1 amide bonds. The minimum atomic E-state index is -1.90. The van der Waals surface area contributed by atoms with Crippen molar-refractivity contribution in [3.8, 4) is 0 Å². The second-order valence-electron chi connectivity index (χ2n) is 11.2. The SMILES string of the molecule is C[C@@H]1CC2C3CCC4=CC(=O)C=C[C@]4(C)[C@@]3(F)[C@@H](O)C[C@]2(C)[C@@]1(C)C(=O)SC(=O)N(C)C. The zero-order valence-corrected chi connectivity index (χ0v) is 20.6. The van der Waals surface area contributed by atoms with Gasteiger partial charge in [-0.15, -0.1) is 0 Å². The van der Waals surface area contributed by atoms with Gasteiger partial charge in [-0.1, -0.05) is 32.4 Å². The van der Waals surface area contributed by atoms with Gasteiger partial charge in [-0.25, -0.2) is 4.39 Å². The Hall–Kier alpha value is -1.47. The number of hydrogen-bond donors (Lipinski definition) is 1. The Morgan fingerprint density at radius 1 is 1.22 bits per heavy atom. The second kappa shape index (κ2) is 7.26. The van der Waals surface area contributed by atoms with Crippen molar-refractivity contribution in [2.75, 3.05) is 14.1 Å². The third kappa shape index (κ3) is 2.76. The van der Waals surface area contributed by atoms with Gasteiger partial charge in [-0.3, -0.25) is 14.4 Å². The van der Waals surface area contributed by atoms with Crippen LogP contribution in [0.1, 0.15) is 53.4 Å². The highest BCUT2D eigenvalue weighted by atomic mass is 32.2. The number of nitrogens with zero attached hydrogens (tertiary/aromatic N) is 1. The first kappa shape index (κ1) is 23.7. The molecular formula is C25H34FNO4S. The third-order valence-corrected chi connectivity index (χ3v) is 10.9. The topological polar surface area (TPSA) is 74.7 Å². The Bertz CT molecular complexity index is 946. The van der Waals surface area contributed by atoms with Crippen molar-refractivity contribution in [2.45, 2.75) is 65.2 Å². The first-order valence-corrected chi connectivity index (χ1v) is 12.3. The number of thioether (sulfide) groups is 1. The van der Waals surface area contributed by atoms with Crippen LogP contribution in [0, 0.1) is 34.0 Å². The highest BCUT2D eigenvalue weighted by Gasteiger charge is 2.74. The van der Waals surface area contributed by atoms with E-state index in [1.54, 1.807) is 27.1 Å². The van der Waals surface area contributed by atoms with Gasteiger partial charge in [0, 0.05) is 42.6 Å². The Balaban J connectivity index is 1.76. The lowest BCUT2D eigenvalue weighted by Crippen LogP contribution is -2.67. The van der Waals surface area contributed by atoms with E-state index in [0.717, 1.165) is 17.3 Å². The summed E-state index contributed by atoms with van der Waals surface area (Å²) in [7, 11) is 3.23. The number of fused-ring (bicyclic) bond motifs is 5. The van der Waals surface area contributed by atoms with Crippen LogP contribution in [-0.4, -0.2) is 52.0 Å². The van der Waals surface area contributed by atoms with E-state index in [1.165, 1.54) is 17.1 Å². The number of halogens is 1. The van der Waals surface area contributed by atoms with Gasteiger partial charge in [0.15, 0.2) is 11.5 Å². The number of aliphatic hydroxyl groups excluding tert-OH is 1. The van der Waals surface area contributed by atoms with Gasteiger partial charge in [-0.05, 0) is 62.0 Å². The number of hydrogen-bond acceptors (Lipinski definition) is 5. The lowest BCUT2D eigenvalue weighted by molar-refractivity contribution is -0.203. The summed E-state index contributed by atoms with van der Waals surface area (Å²) in [5, 5.41) is 10.9. The molecule has 0 heterocycles. The molecule has 0 aliphatic heterocycles. The van der Waals surface area contributed by atoms with Crippen LogP contribution in [0.4, 0.5) is 9.18 Å². The molecule has 2 unspecified atom stereocenters. The van der Waals surface area contributed by atoms with Crippen LogP contribution in [0.3, 0.4) is 0 Å². The molecule has 0 saturated heterocycles. The number of allylic oxidation sites excluding steroid dienone is 4. The molecule has 0 radical (unpaired) electrons. The van der Waals surface area contributed by atoms with Crippen molar-refractivity contribution in [3.63, 3.8) is 0 Å². The molecular weight excluding hydrogens is 429 g/mol. The highest BCUT2D eigenvalue weighted by molar-refractivity contribution is 8.26. The number of carbonyl (C=O) groups is 3. The highest BCUT2D eigenvalue weighted by Crippen LogP contribution is 2.73. The Morgan fingerprint density at radius 2 is 1.88 bits per heavy atom. The van der Waals surface area contributed by atoms with E-state index >= 15 is 4.39 Å².